The third-order valence-electron chi connectivity index (χ3n) is 7.06. The lowest BCUT2D eigenvalue weighted by atomic mass is 9.85. The van der Waals surface area contributed by atoms with Crippen LogP contribution in [0.25, 0.3) is 16.7 Å². The van der Waals surface area contributed by atoms with Crippen molar-refractivity contribution in [2.75, 3.05) is 31.1 Å². The molecule has 2 aliphatic rings. The molecule has 2 fully saturated rings. The fourth-order valence-electron chi connectivity index (χ4n) is 5.29. The van der Waals surface area contributed by atoms with Crippen molar-refractivity contribution in [3.8, 4) is 5.82 Å². The summed E-state index contributed by atoms with van der Waals surface area (Å²) < 4.78 is 22.7. The summed E-state index contributed by atoms with van der Waals surface area (Å²) in [6.45, 7) is 11.0. The van der Waals surface area contributed by atoms with E-state index in [2.05, 4.69) is 20.0 Å². The molecule has 1 aromatic carbocycles. The Morgan fingerprint density at radius 2 is 1.84 bits per heavy atom. The molecule has 0 aliphatic carbocycles. The number of β-amino-alcohol motifs (C(OH)–C–C–N with tert-alkyl or cyclic N) is 1. The minimum atomic E-state index is -1.21. The second kappa shape index (κ2) is 9.55. The number of amides is 1. The number of hydrogen-bond donors (Lipinski definition) is 1. The van der Waals surface area contributed by atoms with Gasteiger partial charge in [0.05, 0.1) is 24.4 Å². The molecule has 3 atom stereocenters. The Balaban J connectivity index is 1.44. The van der Waals surface area contributed by atoms with Gasteiger partial charge in [0.25, 0.3) is 0 Å². The average Bonchev–Trinajstić information content (AvgIpc) is 3.43. The van der Waals surface area contributed by atoms with Gasteiger partial charge >= 0.3 is 6.09 Å². The highest BCUT2D eigenvalue weighted by Crippen LogP contribution is 2.35. The van der Waals surface area contributed by atoms with Crippen LogP contribution in [0.2, 0.25) is 0 Å². The van der Waals surface area contributed by atoms with Gasteiger partial charge in [0.2, 0.25) is 0 Å². The highest BCUT2D eigenvalue weighted by atomic mass is 19.1. The number of aromatic nitrogens is 4. The summed E-state index contributed by atoms with van der Waals surface area (Å²) in [6, 6.07) is 5.93. The standard InChI is InChI=1S/C27H35FN6O3/c1-16-10-18-13-29-34(25-12-24(30-17(2)31-25)32-8-6-19(35)14-32)23(18)11-21(16)20-7-9-33(15-22(20)28)26(36)37-27(3,4)5/h10-13,19-20,22,35H,6-9,14-15H2,1-5H3/t19-,20+,22+/m0/s1. The van der Waals surface area contributed by atoms with Crippen molar-refractivity contribution in [3.05, 3.63) is 41.3 Å². The molecule has 198 valence electrons. The van der Waals surface area contributed by atoms with Crippen LogP contribution in [0.15, 0.2) is 24.4 Å². The van der Waals surface area contributed by atoms with E-state index in [1.165, 1.54) is 4.90 Å². The Morgan fingerprint density at radius 1 is 1.08 bits per heavy atom. The zero-order valence-electron chi connectivity index (χ0n) is 22.1. The molecule has 2 aromatic heterocycles. The number of aryl methyl sites for hydroxylation is 2. The number of nitrogens with zero attached hydrogens (tertiary/aromatic N) is 6. The number of likely N-dealkylation sites (tertiary alicyclic amines) is 1. The minimum Gasteiger partial charge on any atom is -0.444 e. The summed E-state index contributed by atoms with van der Waals surface area (Å²) in [6.07, 6.45) is 0.978. The number of benzene rings is 1. The number of alkyl halides is 1. The normalized spacial score (nSPS) is 22.6. The highest BCUT2D eigenvalue weighted by molar-refractivity contribution is 5.82. The Bertz CT molecular complexity index is 1320. The van der Waals surface area contributed by atoms with Gasteiger partial charge in [0.15, 0.2) is 5.82 Å². The van der Waals surface area contributed by atoms with Crippen molar-refractivity contribution >= 4 is 22.8 Å². The van der Waals surface area contributed by atoms with Gasteiger partial charge in [-0.05, 0) is 70.7 Å². The zero-order chi connectivity index (χ0) is 26.5. The molecule has 0 saturated carbocycles. The first-order valence-electron chi connectivity index (χ1n) is 12.9. The van der Waals surface area contributed by atoms with Gasteiger partial charge in [-0.3, -0.25) is 0 Å². The van der Waals surface area contributed by atoms with Crippen LogP contribution in [0.1, 0.15) is 56.5 Å². The lowest BCUT2D eigenvalue weighted by molar-refractivity contribution is 0.0111. The third-order valence-corrected chi connectivity index (χ3v) is 7.06. The van der Waals surface area contributed by atoms with Gasteiger partial charge in [-0.1, -0.05) is 0 Å². The van der Waals surface area contributed by atoms with Crippen LogP contribution in [-0.2, 0) is 4.74 Å². The molecule has 1 amide bonds. The van der Waals surface area contributed by atoms with E-state index in [0.717, 1.165) is 34.4 Å². The molecular formula is C27H35FN6O3. The predicted octanol–water partition coefficient (Wildman–Crippen LogP) is 4.07. The largest absolute Gasteiger partial charge is 0.444 e. The first-order valence-corrected chi connectivity index (χ1v) is 12.9. The number of aliphatic hydroxyl groups excluding tert-OH is 1. The molecule has 3 aromatic rings. The average molecular weight is 511 g/mol. The monoisotopic (exact) mass is 510 g/mol. The zero-order valence-corrected chi connectivity index (χ0v) is 22.1. The molecule has 0 bridgehead atoms. The van der Waals surface area contributed by atoms with E-state index < -0.39 is 17.9 Å². The van der Waals surface area contributed by atoms with Crippen molar-refractivity contribution in [2.24, 2.45) is 0 Å². The molecule has 4 heterocycles. The Hall–Kier alpha value is -3.27. The first kappa shape index (κ1) is 25.4. The van der Waals surface area contributed by atoms with Crippen molar-refractivity contribution in [3.63, 3.8) is 0 Å². The Kier molecular flexibility index (Phi) is 6.55. The summed E-state index contributed by atoms with van der Waals surface area (Å²) in [5, 5.41) is 15.5. The number of aliphatic hydroxyl groups is 1. The van der Waals surface area contributed by atoms with Gasteiger partial charge in [-0.15, -0.1) is 0 Å². The number of fused-ring (bicyclic) bond motifs is 1. The van der Waals surface area contributed by atoms with Crippen LogP contribution < -0.4 is 4.90 Å². The van der Waals surface area contributed by atoms with Crippen molar-refractivity contribution in [1.82, 2.24) is 24.6 Å². The van der Waals surface area contributed by atoms with Gasteiger partial charge in [0, 0.05) is 37.0 Å². The summed E-state index contributed by atoms with van der Waals surface area (Å²) in [5.41, 5.74) is 2.14. The molecule has 1 N–H and O–H groups in total. The first-order chi connectivity index (χ1) is 17.5. The van der Waals surface area contributed by atoms with Gasteiger partial charge < -0.3 is 19.6 Å². The summed E-state index contributed by atoms with van der Waals surface area (Å²) in [4.78, 5) is 25.2. The van der Waals surface area contributed by atoms with Crippen molar-refractivity contribution in [1.29, 1.82) is 0 Å². The number of ether oxygens (including phenoxy) is 1. The molecule has 9 nitrogen and oxygen atoms in total. The molecule has 37 heavy (non-hydrogen) atoms. The van der Waals surface area contributed by atoms with Crippen LogP contribution in [0.3, 0.4) is 0 Å². The van der Waals surface area contributed by atoms with Crippen LogP contribution >= 0.6 is 0 Å². The maximum absolute atomic E-state index is 15.5. The van der Waals surface area contributed by atoms with Crippen LogP contribution in [-0.4, -0.2) is 79.9 Å². The van der Waals surface area contributed by atoms with Gasteiger partial charge in [-0.25, -0.2) is 23.8 Å². The number of carbonyl (C=O) groups is 1. The molecule has 2 aliphatic heterocycles. The maximum Gasteiger partial charge on any atom is 0.410 e. The van der Waals surface area contributed by atoms with E-state index in [0.29, 0.717) is 37.6 Å². The van der Waals surface area contributed by atoms with E-state index in [1.807, 2.05) is 52.8 Å². The third kappa shape index (κ3) is 5.25. The van der Waals surface area contributed by atoms with Crippen LogP contribution in [0.4, 0.5) is 15.0 Å². The fourth-order valence-corrected chi connectivity index (χ4v) is 5.29. The number of piperidine rings is 1. The van der Waals surface area contributed by atoms with E-state index in [-0.39, 0.29) is 18.6 Å². The predicted molar refractivity (Wildman–Crippen MR) is 139 cm³/mol. The van der Waals surface area contributed by atoms with Crippen molar-refractivity contribution < 1.29 is 19.0 Å². The highest BCUT2D eigenvalue weighted by Gasteiger charge is 2.35. The smallest absolute Gasteiger partial charge is 0.410 e. The van der Waals surface area contributed by atoms with Crippen molar-refractivity contribution in [2.45, 2.75) is 71.3 Å². The SMILES string of the molecule is Cc1nc(N2CC[C@H](O)C2)cc(-n2ncc3cc(C)c([C@H]4CCN(C(=O)OC(C)(C)C)C[C@H]4F)cc32)n1. The second-order valence-electron chi connectivity index (χ2n) is 11.2. The lowest BCUT2D eigenvalue weighted by Crippen LogP contribution is -2.46. The number of anilines is 1. The summed E-state index contributed by atoms with van der Waals surface area (Å²) in [5.74, 6) is 1.67. The van der Waals surface area contributed by atoms with E-state index in [9.17, 15) is 9.90 Å². The number of rotatable bonds is 3. The summed E-state index contributed by atoms with van der Waals surface area (Å²) >= 11 is 0. The topological polar surface area (TPSA) is 96.6 Å². The Morgan fingerprint density at radius 3 is 2.51 bits per heavy atom. The van der Waals surface area contributed by atoms with E-state index in [1.54, 1.807) is 10.9 Å². The lowest BCUT2D eigenvalue weighted by Gasteiger charge is -2.36. The summed E-state index contributed by atoms with van der Waals surface area (Å²) in [7, 11) is 0. The number of halogens is 1. The molecule has 0 unspecified atom stereocenters. The maximum atomic E-state index is 15.5. The van der Waals surface area contributed by atoms with Gasteiger partial charge in [-0.2, -0.15) is 5.10 Å². The van der Waals surface area contributed by atoms with Crippen LogP contribution in [0.5, 0.6) is 0 Å². The quantitative estimate of drug-likeness (QED) is 0.567. The molecule has 5 rings (SSSR count). The molecule has 0 spiro atoms. The molecule has 10 heteroatoms. The molecule has 0 radical (unpaired) electrons. The Labute approximate surface area is 216 Å². The fraction of sp³-hybridized carbons (Fsp3) is 0.556. The van der Waals surface area contributed by atoms with Crippen LogP contribution in [0, 0.1) is 13.8 Å². The molecular weight excluding hydrogens is 475 g/mol. The molecule has 2 saturated heterocycles. The van der Waals surface area contributed by atoms with Gasteiger partial charge in [0.1, 0.15) is 23.4 Å². The number of carbonyl (C=O) groups excluding carboxylic acids is 1. The second-order valence-corrected chi connectivity index (χ2v) is 11.2. The minimum absolute atomic E-state index is 0.00642. The van der Waals surface area contributed by atoms with E-state index in [4.69, 9.17) is 4.74 Å². The number of hydrogen-bond acceptors (Lipinski definition) is 7. The van der Waals surface area contributed by atoms with E-state index >= 15 is 4.39 Å².